The van der Waals surface area contributed by atoms with Crippen LogP contribution in [0.3, 0.4) is 0 Å². The number of hydrogen-bond donors (Lipinski definition) is 0. The van der Waals surface area contributed by atoms with Crippen LogP contribution in [0, 0.1) is 0 Å². The lowest BCUT2D eigenvalue weighted by Gasteiger charge is -2.35. The van der Waals surface area contributed by atoms with Gasteiger partial charge in [0.05, 0.1) is 6.10 Å². The maximum Gasteiger partial charge on any atom is 0.523 e. The zero-order valence-electron chi connectivity index (χ0n) is 13.3. The van der Waals surface area contributed by atoms with Crippen molar-refractivity contribution in [1.29, 1.82) is 0 Å². The Morgan fingerprint density at radius 3 is 2.44 bits per heavy atom. The van der Waals surface area contributed by atoms with Crippen LogP contribution in [0.25, 0.3) is 10.8 Å². The van der Waals surface area contributed by atoms with E-state index in [9.17, 15) is 21.6 Å². The van der Waals surface area contributed by atoms with E-state index in [2.05, 4.69) is 0 Å². The molecule has 2 aromatic carbocycles. The number of hydrogen-bond acceptors (Lipinski definition) is 4. The molecule has 1 aliphatic rings. The Hall–Kier alpha value is -1.29. The topological polar surface area (TPSA) is 52.6 Å². The Kier molecular flexibility index (Phi) is 4.78. The first-order valence-electron chi connectivity index (χ1n) is 7.50. The normalized spacial score (nSPS) is 27.3. The number of halogens is 3. The number of alkyl halides is 3. The van der Waals surface area contributed by atoms with Crippen molar-refractivity contribution in [2.75, 3.05) is 18.6 Å². The molecule has 0 amide bonds. The van der Waals surface area contributed by atoms with Crippen LogP contribution in [-0.4, -0.2) is 38.6 Å². The minimum Gasteiger partial charge on any atom is -0.381 e. The van der Waals surface area contributed by atoms with Crippen molar-refractivity contribution >= 4 is 31.2 Å². The smallest absolute Gasteiger partial charge is 0.381 e. The fourth-order valence-corrected chi connectivity index (χ4v) is 8.50. The average Bonchev–Trinajstić information content (AvgIpc) is 2.97. The lowest BCUT2D eigenvalue weighted by atomic mass is 10.1. The third-order valence-electron chi connectivity index (χ3n) is 4.21. The molecule has 1 fully saturated rings. The number of methoxy groups -OCH3 is 1. The van der Waals surface area contributed by atoms with Gasteiger partial charge in [-0.05, 0) is 23.3 Å². The minimum atomic E-state index is -5.71. The van der Waals surface area contributed by atoms with Gasteiger partial charge in [-0.3, -0.25) is 0 Å². The highest BCUT2D eigenvalue weighted by atomic mass is 32.3. The molecule has 0 aliphatic carbocycles. The van der Waals surface area contributed by atoms with Gasteiger partial charge < -0.3 is 4.74 Å². The van der Waals surface area contributed by atoms with E-state index in [-0.39, 0.29) is 17.6 Å². The molecule has 3 rings (SSSR count). The molecule has 0 spiro atoms. The molecular weight excluding hydrogens is 377 g/mol. The second-order valence-electron chi connectivity index (χ2n) is 5.77. The summed E-state index contributed by atoms with van der Waals surface area (Å²) in [7, 11) is -6.95. The molecule has 2 unspecified atom stereocenters. The second kappa shape index (κ2) is 6.46. The van der Waals surface area contributed by atoms with E-state index in [1.807, 2.05) is 18.2 Å². The van der Waals surface area contributed by atoms with Crippen molar-refractivity contribution in [3.05, 3.63) is 42.5 Å². The van der Waals surface area contributed by atoms with Crippen LogP contribution >= 0.6 is 10.3 Å². The number of benzene rings is 2. The first-order valence-corrected chi connectivity index (χ1v) is 10.8. The van der Waals surface area contributed by atoms with Gasteiger partial charge in [0.15, 0.2) is 0 Å². The summed E-state index contributed by atoms with van der Waals surface area (Å²) in [4.78, 5) is 0.512. The quantitative estimate of drug-likeness (QED) is 0.730. The molecule has 0 radical (unpaired) electrons. The third kappa shape index (κ3) is 3.38. The highest BCUT2D eigenvalue weighted by Crippen LogP contribution is 2.65. The van der Waals surface area contributed by atoms with Crippen molar-refractivity contribution in [3.8, 4) is 0 Å². The molecule has 1 aliphatic heterocycles. The molecule has 2 aromatic rings. The predicted molar refractivity (Wildman–Crippen MR) is 91.0 cm³/mol. The lowest BCUT2D eigenvalue weighted by molar-refractivity contribution is -0.0496. The fraction of sp³-hybridized carbons (Fsp3) is 0.375. The molecule has 0 aromatic heterocycles. The zero-order valence-corrected chi connectivity index (χ0v) is 15.0. The summed E-state index contributed by atoms with van der Waals surface area (Å²) in [5.74, 6) is 0.321. The van der Waals surface area contributed by atoms with E-state index in [0.717, 1.165) is 5.39 Å². The molecule has 0 bridgehead atoms. The van der Waals surface area contributed by atoms with Crippen molar-refractivity contribution in [2.45, 2.75) is 22.9 Å². The van der Waals surface area contributed by atoms with Gasteiger partial charge in [0, 0.05) is 23.5 Å². The molecule has 0 saturated carbocycles. The Labute approximate surface area is 145 Å². The molecule has 25 heavy (non-hydrogen) atoms. The molecule has 1 heterocycles. The summed E-state index contributed by atoms with van der Waals surface area (Å²) in [6.45, 7) is 0. The van der Waals surface area contributed by atoms with E-state index >= 15 is 0 Å². The molecule has 1 saturated heterocycles. The number of fused-ring (bicyclic) bond motifs is 1. The summed E-state index contributed by atoms with van der Waals surface area (Å²) < 4.78 is 72.5. The first kappa shape index (κ1) is 18.5. The summed E-state index contributed by atoms with van der Waals surface area (Å²) in [5.41, 5.74) is -5.46. The zero-order chi connectivity index (χ0) is 18.3. The van der Waals surface area contributed by atoms with Crippen LogP contribution in [0.15, 0.2) is 47.4 Å². The Bertz CT molecular complexity index is 877. The van der Waals surface area contributed by atoms with Crippen molar-refractivity contribution in [2.24, 2.45) is 0 Å². The fourth-order valence-electron chi connectivity index (χ4n) is 3.00. The first-order chi connectivity index (χ1) is 11.7. The van der Waals surface area contributed by atoms with Crippen LogP contribution in [0.4, 0.5) is 13.2 Å². The van der Waals surface area contributed by atoms with Crippen LogP contribution in [0.5, 0.6) is 0 Å². The summed E-state index contributed by atoms with van der Waals surface area (Å²) in [6.07, 6.45) is 0.111. The van der Waals surface area contributed by atoms with Crippen molar-refractivity contribution < 1.29 is 30.0 Å². The Balaban J connectivity index is 2.16. The van der Waals surface area contributed by atoms with Crippen LogP contribution in [0.1, 0.15) is 6.42 Å². The second-order valence-corrected chi connectivity index (χ2v) is 10.5. The van der Waals surface area contributed by atoms with Crippen molar-refractivity contribution in [1.82, 2.24) is 0 Å². The van der Waals surface area contributed by atoms with E-state index in [4.69, 9.17) is 8.37 Å². The number of ether oxygens (including phenoxy) is 1. The molecule has 9 heteroatoms. The predicted octanol–water partition coefficient (Wildman–Crippen LogP) is 4.20. The van der Waals surface area contributed by atoms with E-state index < -0.39 is 25.9 Å². The van der Waals surface area contributed by atoms with Gasteiger partial charge in [-0.15, -0.1) is 0 Å². The average molecular weight is 394 g/mol. The van der Waals surface area contributed by atoms with E-state index in [1.54, 1.807) is 24.3 Å². The third-order valence-corrected chi connectivity index (χ3v) is 9.50. The summed E-state index contributed by atoms with van der Waals surface area (Å²) >= 11 is 0. The molecular formula is C16H17F3O4S2. The number of rotatable bonds is 4. The van der Waals surface area contributed by atoms with Gasteiger partial charge in [-0.1, -0.05) is 46.7 Å². The van der Waals surface area contributed by atoms with Gasteiger partial charge in [0.25, 0.3) is 0 Å². The van der Waals surface area contributed by atoms with Crippen molar-refractivity contribution in [3.63, 3.8) is 0 Å². The molecule has 0 N–H and O–H groups in total. The van der Waals surface area contributed by atoms with E-state index in [1.165, 1.54) is 7.11 Å². The molecule has 2 atom stereocenters. The summed E-state index contributed by atoms with van der Waals surface area (Å²) in [6, 6.07) is 12.4. The monoisotopic (exact) mass is 394 g/mol. The van der Waals surface area contributed by atoms with E-state index in [0.29, 0.717) is 16.7 Å². The maximum atomic E-state index is 12.9. The Morgan fingerprint density at radius 2 is 1.80 bits per heavy atom. The van der Waals surface area contributed by atoms with Gasteiger partial charge in [-0.2, -0.15) is 21.6 Å². The lowest BCUT2D eigenvalue weighted by Crippen LogP contribution is -2.28. The largest absolute Gasteiger partial charge is 0.523 e. The van der Waals surface area contributed by atoms with Crippen LogP contribution < -0.4 is 0 Å². The minimum absolute atomic E-state index is 0.118. The Morgan fingerprint density at radius 1 is 1.12 bits per heavy atom. The van der Waals surface area contributed by atoms with Gasteiger partial charge in [-0.25, -0.2) is 3.63 Å². The van der Waals surface area contributed by atoms with Gasteiger partial charge in [0.1, 0.15) is 0 Å². The van der Waals surface area contributed by atoms with Crippen LogP contribution in [-0.2, 0) is 18.5 Å². The van der Waals surface area contributed by atoms with Gasteiger partial charge in [0.2, 0.25) is 0 Å². The van der Waals surface area contributed by atoms with Crippen LogP contribution in [0.2, 0.25) is 0 Å². The standard InChI is InChI=1S/C16H17F3O4S2/c1-22-13-9-10-24(11-13,23-25(20,21)16(17,18)19)15-8-4-6-12-5-2-3-7-14(12)15/h2-8,13H,9-11H2,1H3. The molecule has 138 valence electrons. The molecule has 4 nitrogen and oxygen atoms in total. The van der Waals surface area contributed by atoms with Gasteiger partial charge >= 0.3 is 15.6 Å². The highest BCUT2D eigenvalue weighted by molar-refractivity contribution is 8.33. The highest BCUT2D eigenvalue weighted by Gasteiger charge is 2.53. The summed E-state index contributed by atoms with van der Waals surface area (Å²) in [5, 5.41) is 1.52. The maximum absolute atomic E-state index is 12.9. The SMILES string of the molecule is COC1CCS(OS(=O)(=O)C(F)(F)F)(c2cccc3ccccc23)C1.